The van der Waals surface area contributed by atoms with E-state index in [4.69, 9.17) is 0 Å². The number of halogens is 2. The van der Waals surface area contributed by atoms with Crippen molar-refractivity contribution in [3.63, 3.8) is 0 Å². The molecule has 9 heteroatoms. The van der Waals surface area contributed by atoms with Crippen LogP contribution >= 0.6 is 0 Å². The number of pyridine rings is 1. The molecular formula is C20H15F2N7. The quantitative estimate of drug-likeness (QED) is 0.506. The molecule has 29 heavy (non-hydrogen) atoms. The Bertz CT molecular complexity index is 1320. The van der Waals surface area contributed by atoms with Crippen molar-refractivity contribution in [1.29, 1.82) is 0 Å². The van der Waals surface area contributed by atoms with E-state index in [1.165, 1.54) is 12.1 Å². The van der Waals surface area contributed by atoms with Crippen LogP contribution in [0.4, 0.5) is 8.78 Å². The number of nitrogens with one attached hydrogen (secondary N) is 1. The molecule has 0 fully saturated rings. The third kappa shape index (κ3) is 2.82. The maximum absolute atomic E-state index is 14.8. The predicted octanol–water partition coefficient (Wildman–Crippen LogP) is 3.59. The van der Waals surface area contributed by atoms with Gasteiger partial charge in [0.2, 0.25) is 5.82 Å². The molecule has 3 heterocycles. The summed E-state index contributed by atoms with van der Waals surface area (Å²) in [6.07, 6.45) is 1.74. The van der Waals surface area contributed by atoms with Gasteiger partial charge in [0.05, 0.1) is 23.3 Å². The van der Waals surface area contributed by atoms with Crippen LogP contribution in [-0.2, 0) is 12.5 Å². The number of nitrogens with zero attached hydrogens (tertiary/aromatic N) is 6. The second kappa shape index (κ2) is 6.40. The van der Waals surface area contributed by atoms with Crippen LogP contribution in [0.3, 0.4) is 0 Å². The van der Waals surface area contributed by atoms with Gasteiger partial charge in [-0.1, -0.05) is 30.3 Å². The zero-order valence-electron chi connectivity index (χ0n) is 15.3. The van der Waals surface area contributed by atoms with Crippen LogP contribution in [0.2, 0.25) is 0 Å². The van der Waals surface area contributed by atoms with Gasteiger partial charge in [-0.3, -0.25) is 9.67 Å². The van der Waals surface area contributed by atoms with Crippen LogP contribution in [0.25, 0.3) is 21.8 Å². The summed E-state index contributed by atoms with van der Waals surface area (Å²) in [5.41, 5.74) is 3.08. The molecule has 0 spiro atoms. The number of aryl methyl sites for hydroxylation is 1. The zero-order valence-corrected chi connectivity index (χ0v) is 15.3. The molecule has 0 aliphatic heterocycles. The Morgan fingerprint density at radius 3 is 2.79 bits per heavy atom. The summed E-state index contributed by atoms with van der Waals surface area (Å²) in [5, 5.41) is 18.5. The van der Waals surface area contributed by atoms with Gasteiger partial charge in [0.15, 0.2) is 0 Å². The lowest BCUT2D eigenvalue weighted by atomic mass is 10.0. The highest BCUT2D eigenvalue weighted by molar-refractivity contribution is 5.84. The van der Waals surface area contributed by atoms with Crippen molar-refractivity contribution >= 4 is 21.8 Å². The van der Waals surface area contributed by atoms with Crippen molar-refractivity contribution in [1.82, 2.24) is 35.4 Å². The molecule has 0 unspecified atom stereocenters. The van der Waals surface area contributed by atoms with Gasteiger partial charge < -0.3 is 0 Å². The largest absolute Gasteiger partial charge is 0.333 e. The highest BCUT2D eigenvalue weighted by atomic mass is 19.3. The molecule has 144 valence electrons. The Hall–Kier alpha value is -3.75. The Morgan fingerprint density at radius 2 is 1.97 bits per heavy atom. The van der Waals surface area contributed by atoms with Crippen molar-refractivity contribution in [3.05, 3.63) is 77.4 Å². The van der Waals surface area contributed by atoms with Crippen LogP contribution < -0.4 is 0 Å². The summed E-state index contributed by atoms with van der Waals surface area (Å²) >= 11 is 0. The molecule has 0 radical (unpaired) electrons. The summed E-state index contributed by atoms with van der Waals surface area (Å²) in [6, 6.07) is 14.2. The lowest BCUT2D eigenvalue weighted by Crippen LogP contribution is -2.17. The van der Waals surface area contributed by atoms with Crippen molar-refractivity contribution in [2.24, 2.45) is 0 Å². The molecule has 0 aliphatic rings. The first-order chi connectivity index (χ1) is 14.0. The van der Waals surface area contributed by atoms with Gasteiger partial charge in [0.25, 0.3) is 0 Å². The van der Waals surface area contributed by atoms with Crippen LogP contribution in [0.1, 0.15) is 22.6 Å². The second-order valence-electron chi connectivity index (χ2n) is 6.79. The SMILES string of the molecule is Cc1nn(Cc2cccc3ncccc23)c2cc(C(F)(F)c3nnn[nH]3)ccc12. The molecule has 0 amide bonds. The first-order valence-electron chi connectivity index (χ1n) is 8.96. The van der Waals surface area contributed by atoms with E-state index in [1.807, 2.05) is 37.3 Å². The Kier molecular flexibility index (Phi) is 3.83. The second-order valence-corrected chi connectivity index (χ2v) is 6.79. The highest BCUT2D eigenvalue weighted by Gasteiger charge is 2.38. The molecule has 0 saturated heterocycles. The number of aromatic nitrogens is 7. The molecule has 1 N–H and O–H groups in total. The Morgan fingerprint density at radius 1 is 1.07 bits per heavy atom. The van der Waals surface area contributed by atoms with Gasteiger partial charge in [-0.05, 0) is 41.1 Å². The standard InChI is InChI=1S/C20H15F2N7/c1-12-15-8-7-14(20(21,22)19-24-27-28-25-19)10-18(15)29(26-12)11-13-4-2-6-17-16(13)5-3-9-23-17/h2-10H,11H2,1H3,(H,24,25,27,28). The number of aromatic amines is 1. The minimum atomic E-state index is -3.34. The van der Waals surface area contributed by atoms with Crippen molar-refractivity contribution < 1.29 is 8.78 Å². The summed E-state index contributed by atoms with van der Waals surface area (Å²) in [7, 11) is 0. The van der Waals surface area contributed by atoms with Crippen molar-refractivity contribution in [2.75, 3.05) is 0 Å². The number of tetrazole rings is 1. The van der Waals surface area contributed by atoms with Gasteiger partial charge in [0, 0.05) is 22.5 Å². The number of fused-ring (bicyclic) bond motifs is 2. The van der Waals surface area contributed by atoms with E-state index in [0.717, 1.165) is 27.5 Å². The monoisotopic (exact) mass is 391 g/mol. The third-order valence-corrected chi connectivity index (χ3v) is 5.00. The van der Waals surface area contributed by atoms with E-state index in [-0.39, 0.29) is 5.56 Å². The van der Waals surface area contributed by atoms with E-state index in [9.17, 15) is 8.78 Å². The van der Waals surface area contributed by atoms with Crippen LogP contribution in [-0.4, -0.2) is 35.4 Å². The van der Waals surface area contributed by atoms with E-state index in [1.54, 1.807) is 16.9 Å². The van der Waals surface area contributed by atoms with Crippen LogP contribution in [0.5, 0.6) is 0 Å². The van der Waals surface area contributed by atoms with Gasteiger partial charge in [-0.25, -0.2) is 5.10 Å². The minimum absolute atomic E-state index is 0.204. The molecular weight excluding hydrogens is 376 g/mol. The van der Waals surface area contributed by atoms with Gasteiger partial charge in [-0.15, -0.1) is 5.10 Å². The zero-order chi connectivity index (χ0) is 20.0. The normalized spacial score (nSPS) is 12.1. The fourth-order valence-corrected chi connectivity index (χ4v) is 3.55. The van der Waals surface area contributed by atoms with Gasteiger partial charge in [-0.2, -0.15) is 13.9 Å². The van der Waals surface area contributed by atoms with Gasteiger partial charge >= 0.3 is 5.92 Å². The predicted molar refractivity (Wildman–Crippen MR) is 102 cm³/mol. The molecule has 5 aromatic rings. The van der Waals surface area contributed by atoms with Crippen molar-refractivity contribution in [3.8, 4) is 0 Å². The lowest BCUT2D eigenvalue weighted by molar-refractivity contribution is 0.0330. The summed E-state index contributed by atoms with van der Waals surface area (Å²) in [6.45, 7) is 2.30. The van der Waals surface area contributed by atoms with E-state index < -0.39 is 11.7 Å². The first kappa shape index (κ1) is 17.4. The molecule has 7 nitrogen and oxygen atoms in total. The van der Waals surface area contributed by atoms with E-state index >= 15 is 0 Å². The summed E-state index contributed by atoms with van der Waals surface area (Å²) in [5.74, 6) is -3.94. The van der Waals surface area contributed by atoms with Crippen LogP contribution in [0.15, 0.2) is 54.7 Å². The molecule has 0 aliphatic carbocycles. The fourth-order valence-electron chi connectivity index (χ4n) is 3.55. The van der Waals surface area contributed by atoms with E-state index in [0.29, 0.717) is 12.1 Å². The number of alkyl halides is 2. The maximum Gasteiger partial charge on any atom is 0.333 e. The Balaban J connectivity index is 1.63. The topological polar surface area (TPSA) is 85.2 Å². The molecule has 0 saturated carbocycles. The van der Waals surface area contributed by atoms with E-state index in [2.05, 4.69) is 30.7 Å². The molecule has 0 bridgehead atoms. The minimum Gasteiger partial charge on any atom is -0.260 e. The third-order valence-electron chi connectivity index (χ3n) is 5.00. The smallest absolute Gasteiger partial charge is 0.260 e. The molecule has 0 atom stereocenters. The average molecular weight is 391 g/mol. The number of rotatable bonds is 4. The Labute approximate surface area is 163 Å². The number of benzene rings is 2. The summed E-state index contributed by atoms with van der Waals surface area (Å²) in [4.78, 5) is 4.37. The lowest BCUT2D eigenvalue weighted by Gasteiger charge is -2.14. The first-order valence-corrected chi connectivity index (χ1v) is 8.96. The molecule has 2 aromatic carbocycles. The average Bonchev–Trinajstić information content (AvgIpc) is 3.38. The number of H-pyrrole nitrogens is 1. The number of hydrogen-bond acceptors (Lipinski definition) is 5. The van der Waals surface area contributed by atoms with Gasteiger partial charge in [0.1, 0.15) is 0 Å². The van der Waals surface area contributed by atoms with Crippen molar-refractivity contribution in [2.45, 2.75) is 19.4 Å². The summed E-state index contributed by atoms with van der Waals surface area (Å²) < 4.78 is 31.4. The number of hydrogen-bond donors (Lipinski definition) is 1. The fraction of sp³-hybridized carbons (Fsp3) is 0.150. The van der Waals surface area contributed by atoms with Crippen LogP contribution in [0, 0.1) is 6.92 Å². The molecule has 3 aromatic heterocycles. The highest BCUT2D eigenvalue weighted by Crippen LogP contribution is 2.35. The molecule has 5 rings (SSSR count). The maximum atomic E-state index is 14.8.